The largest absolute Gasteiger partial charge is 0.486 e. The predicted molar refractivity (Wildman–Crippen MR) is 120 cm³/mol. The Hall–Kier alpha value is -1.66. The fourth-order valence-electron chi connectivity index (χ4n) is 3.82. The van der Waals surface area contributed by atoms with Gasteiger partial charge in [-0.15, -0.1) is 0 Å². The lowest BCUT2D eigenvalue weighted by Crippen LogP contribution is -2.58. The lowest BCUT2D eigenvalue weighted by molar-refractivity contribution is 0.00578. The van der Waals surface area contributed by atoms with Crippen molar-refractivity contribution in [2.45, 2.75) is 51.9 Å². The maximum atomic E-state index is 9.87. The molecule has 0 aliphatic carbocycles. The SMILES string of the molecule is CC1(C)OB(/C=C(\CCO)[Si](C)(c2ccccc2)c2ccccc2)OC1(C)C. The van der Waals surface area contributed by atoms with Gasteiger partial charge in [0, 0.05) is 6.61 Å². The van der Waals surface area contributed by atoms with Crippen molar-refractivity contribution < 1.29 is 14.4 Å². The van der Waals surface area contributed by atoms with Crippen LogP contribution in [0.5, 0.6) is 0 Å². The molecule has 0 saturated carbocycles. The molecule has 0 aromatic heterocycles. The van der Waals surface area contributed by atoms with Crippen LogP contribution in [0.4, 0.5) is 0 Å². The van der Waals surface area contributed by atoms with Crippen molar-refractivity contribution in [3.8, 4) is 0 Å². The molecular formula is C23H31BO3Si. The number of hydrogen-bond donors (Lipinski definition) is 1. The molecule has 0 unspecified atom stereocenters. The first kappa shape index (κ1) is 21.1. The maximum absolute atomic E-state index is 9.87. The van der Waals surface area contributed by atoms with E-state index in [4.69, 9.17) is 9.31 Å². The third-order valence-electron chi connectivity index (χ3n) is 6.33. The van der Waals surface area contributed by atoms with Crippen LogP contribution in [0.2, 0.25) is 6.55 Å². The molecule has 2 aromatic carbocycles. The van der Waals surface area contributed by atoms with Crippen molar-refractivity contribution >= 4 is 25.6 Å². The number of hydrogen-bond acceptors (Lipinski definition) is 3. The standard InChI is InChI=1S/C23H31BO3Si/c1-22(2)23(3,4)27-24(26-22)18-21(16-17-25)28(5,19-12-8-6-9-13-19)20-14-10-7-11-15-20/h6-15,18,25H,16-17H2,1-5H3/b21-18+. The molecule has 0 atom stereocenters. The van der Waals surface area contributed by atoms with Crippen LogP contribution in [0.3, 0.4) is 0 Å². The summed E-state index contributed by atoms with van der Waals surface area (Å²) in [6.07, 6.45) is 0.608. The second kappa shape index (κ2) is 7.99. The minimum Gasteiger partial charge on any atom is -0.400 e. The van der Waals surface area contributed by atoms with Crippen molar-refractivity contribution in [1.29, 1.82) is 0 Å². The molecule has 3 rings (SSSR count). The highest BCUT2D eigenvalue weighted by atomic mass is 28.3. The molecule has 1 aliphatic rings. The van der Waals surface area contributed by atoms with Gasteiger partial charge in [-0.25, -0.2) is 0 Å². The highest BCUT2D eigenvalue weighted by Crippen LogP contribution is 2.37. The van der Waals surface area contributed by atoms with Gasteiger partial charge in [-0.1, -0.05) is 78.4 Å². The molecule has 3 nitrogen and oxygen atoms in total. The molecule has 1 fully saturated rings. The molecule has 1 saturated heterocycles. The van der Waals surface area contributed by atoms with Gasteiger partial charge in [-0.2, -0.15) is 0 Å². The average Bonchev–Trinajstić information content (AvgIpc) is 2.88. The predicted octanol–water partition coefficient (Wildman–Crippen LogP) is 3.36. The monoisotopic (exact) mass is 394 g/mol. The van der Waals surface area contributed by atoms with E-state index in [0.717, 1.165) is 0 Å². The van der Waals surface area contributed by atoms with E-state index in [0.29, 0.717) is 6.42 Å². The minimum absolute atomic E-state index is 0.105. The number of benzene rings is 2. The van der Waals surface area contributed by atoms with Crippen molar-refractivity contribution in [1.82, 2.24) is 0 Å². The zero-order chi connectivity index (χ0) is 20.4. The molecule has 0 radical (unpaired) electrons. The van der Waals surface area contributed by atoms with Crippen LogP contribution < -0.4 is 10.4 Å². The fraction of sp³-hybridized carbons (Fsp3) is 0.391. The molecule has 28 heavy (non-hydrogen) atoms. The maximum Gasteiger partial charge on any atom is 0.486 e. The topological polar surface area (TPSA) is 38.7 Å². The molecule has 148 valence electrons. The Labute approximate surface area is 170 Å². The van der Waals surface area contributed by atoms with Gasteiger partial charge < -0.3 is 14.4 Å². The van der Waals surface area contributed by atoms with Crippen LogP contribution in [0.25, 0.3) is 0 Å². The Morgan fingerprint density at radius 1 is 0.893 bits per heavy atom. The van der Waals surface area contributed by atoms with Gasteiger partial charge in [0.05, 0.1) is 11.2 Å². The molecule has 1 heterocycles. The van der Waals surface area contributed by atoms with Crippen molar-refractivity contribution in [2.75, 3.05) is 6.61 Å². The van der Waals surface area contributed by atoms with Gasteiger partial charge >= 0.3 is 7.12 Å². The van der Waals surface area contributed by atoms with Crippen LogP contribution in [-0.2, 0) is 9.31 Å². The van der Waals surface area contributed by atoms with E-state index < -0.39 is 15.2 Å². The number of rotatable bonds is 6. The van der Waals surface area contributed by atoms with Gasteiger partial charge in [0.2, 0.25) is 0 Å². The Kier molecular flexibility index (Phi) is 6.01. The molecule has 1 aliphatic heterocycles. The number of aliphatic hydroxyl groups excluding tert-OH is 1. The summed E-state index contributed by atoms with van der Waals surface area (Å²) in [7, 11) is -2.68. The third-order valence-corrected chi connectivity index (χ3v) is 11.0. The average molecular weight is 394 g/mol. The lowest BCUT2D eigenvalue weighted by atomic mass is 9.89. The molecule has 1 N–H and O–H groups in total. The van der Waals surface area contributed by atoms with Crippen LogP contribution in [0.15, 0.2) is 71.8 Å². The van der Waals surface area contributed by atoms with Crippen LogP contribution >= 0.6 is 0 Å². The first-order chi connectivity index (χ1) is 13.2. The Balaban J connectivity index is 2.11. The van der Waals surface area contributed by atoms with Gasteiger partial charge in [0.25, 0.3) is 0 Å². The van der Waals surface area contributed by atoms with Gasteiger partial charge in [-0.3, -0.25) is 0 Å². The zero-order valence-electron chi connectivity index (χ0n) is 17.6. The summed E-state index contributed by atoms with van der Waals surface area (Å²) in [4.78, 5) is 0. The van der Waals surface area contributed by atoms with E-state index in [1.165, 1.54) is 15.6 Å². The lowest BCUT2D eigenvalue weighted by Gasteiger charge is -2.32. The van der Waals surface area contributed by atoms with E-state index in [1.54, 1.807) is 0 Å². The Morgan fingerprint density at radius 2 is 1.32 bits per heavy atom. The van der Waals surface area contributed by atoms with E-state index >= 15 is 0 Å². The first-order valence-corrected chi connectivity index (χ1v) is 12.5. The fourth-order valence-corrected chi connectivity index (χ4v) is 7.70. The summed E-state index contributed by atoms with van der Waals surface area (Å²) in [5.74, 6) is 2.12. The van der Waals surface area contributed by atoms with E-state index in [9.17, 15) is 5.11 Å². The Bertz CT molecular complexity index is 763. The highest BCUT2D eigenvalue weighted by molar-refractivity contribution is 7.06. The third kappa shape index (κ3) is 3.90. The van der Waals surface area contributed by atoms with E-state index in [1.807, 2.05) is 12.1 Å². The zero-order valence-corrected chi connectivity index (χ0v) is 18.6. The van der Waals surface area contributed by atoms with E-state index in [2.05, 4.69) is 88.7 Å². The van der Waals surface area contributed by atoms with E-state index in [-0.39, 0.29) is 17.8 Å². The molecule has 0 bridgehead atoms. The van der Waals surface area contributed by atoms with Crippen LogP contribution in [-0.4, -0.2) is 38.1 Å². The quantitative estimate of drug-likeness (QED) is 0.764. The van der Waals surface area contributed by atoms with Gasteiger partial charge in [-0.05, 0) is 44.5 Å². The summed E-state index contributed by atoms with van der Waals surface area (Å²) in [6, 6.07) is 21.3. The summed E-state index contributed by atoms with van der Waals surface area (Å²) < 4.78 is 12.5. The smallest absolute Gasteiger partial charge is 0.400 e. The molecule has 2 aromatic rings. The molecule has 5 heteroatoms. The highest BCUT2D eigenvalue weighted by Gasteiger charge is 2.51. The van der Waals surface area contributed by atoms with Gasteiger partial charge in [0.1, 0.15) is 8.07 Å². The van der Waals surface area contributed by atoms with Crippen LogP contribution in [0.1, 0.15) is 34.1 Å². The molecular weight excluding hydrogens is 363 g/mol. The number of aliphatic hydroxyl groups is 1. The first-order valence-electron chi connectivity index (χ1n) is 9.99. The molecule has 0 amide bonds. The van der Waals surface area contributed by atoms with Crippen LogP contribution in [0, 0.1) is 0 Å². The summed E-state index contributed by atoms with van der Waals surface area (Å²) in [5, 5.41) is 13.7. The summed E-state index contributed by atoms with van der Waals surface area (Å²) in [6.45, 7) is 10.7. The Morgan fingerprint density at radius 3 is 1.71 bits per heavy atom. The van der Waals surface area contributed by atoms with Crippen molar-refractivity contribution in [2.24, 2.45) is 0 Å². The second-order valence-corrected chi connectivity index (χ2v) is 12.7. The normalized spacial score (nSPS) is 19.1. The summed E-state index contributed by atoms with van der Waals surface area (Å²) >= 11 is 0. The van der Waals surface area contributed by atoms with Crippen molar-refractivity contribution in [3.05, 3.63) is 71.8 Å². The minimum atomic E-state index is -2.27. The summed E-state index contributed by atoms with van der Waals surface area (Å²) in [5.41, 5.74) is -0.758. The van der Waals surface area contributed by atoms with Gasteiger partial charge in [0.15, 0.2) is 0 Å². The van der Waals surface area contributed by atoms with Crippen molar-refractivity contribution in [3.63, 3.8) is 0 Å². The second-order valence-electron chi connectivity index (χ2n) is 8.65. The molecule has 0 spiro atoms.